The van der Waals surface area contributed by atoms with Crippen molar-refractivity contribution in [3.8, 4) is 6.07 Å². The highest BCUT2D eigenvalue weighted by Gasteiger charge is 2.33. The van der Waals surface area contributed by atoms with Crippen molar-refractivity contribution in [2.75, 3.05) is 0 Å². The number of non-ortho nitro benzene ring substituents is 1. The number of aliphatic hydroxyl groups is 1. The van der Waals surface area contributed by atoms with E-state index in [1.165, 1.54) is 12.1 Å². The SMILES string of the molecule is CC(C)(C)OC(=O)N[C@@H](C(=O)[C@@H](N)Cc1ccccc1)/C(O)=C(\C#N)c1ccc([N+](=O)[O-])cc1. The van der Waals surface area contributed by atoms with Crippen LogP contribution in [0.15, 0.2) is 60.4 Å². The Morgan fingerprint density at radius 3 is 2.26 bits per heavy atom. The van der Waals surface area contributed by atoms with Crippen molar-refractivity contribution in [1.82, 2.24) is 5.32 Å². The summed E-state index contributed by atoms with van der Waals surface area (Å²) in [5.41, 5.74) is 5.51. The van der Waals surface area contributed by atoms with E-state index in [1.807, 2.05) is 6.07 Å². The Bertz CT molecular complexity index is 1110. The number of aliphatic hydroxyl groups excluding tert-OH is 1. The summed E-state index contributed by atoms with van der Waals surface area (Å²) in [5.74, 6) is -1.50. The zero-order valence-corrected chi connectivity index (χ0v) is 19.0. The fourth-order valence-electron chi connectivity index (χ4n) is 3.05. The van der Waals surface area contributed by atoms with Gasteiger partial charge >= 0.3 is 6.09 Å². The third-order valence-electron chi connectivity index (χ3n) is 4.62. The van der Waals surface area contributed by atoms with E-state index in [2.05, 4.69) is 5.32 Å². The van der Waals surface area contributed by atoms with Crippen LogP contribution in [-0.4, -0.2) is 39.6 Å². The lowest BCUT2D eigenvalue weighted by atomic mass is 9.94. The number of rotatable bonds is 8. The molecule has 2 aromatic carbocycles. The average molecular weight is 466 g/mol. The molecule has 0 spiro atoms. The average Bonchev–Trinajstić information content (AvgIpc) is 2.77. The number of allylic oxidation sites excluding steroid dienone is 1. The number of ketones is 1. The second kappa shape index (κ2) is 11.1. The Morgan fingerprint density at radius 2 is 1.76 bits per heavy atom. The number of carbonyl (C=O) groups is 2. The number of alkyl carbamates (subject to hydrolysis) is 1. The van der Waals surface area contributed by atoms with Gasteiger partial charge in [0, 0.05) is 12.1 Å². The number of nitro benzene ring substituents is 1. The van der Waals surface area contributed by atoms with Crippen molar-refractivity contribution in [1.29, 1.82) is 5.26 Å². The summed E-state index contributed by atoms with van der Waals surface area (Å²) < 4.78 is 5.19. The van der Waals surface area contributed by atoms with E-state index in [4.69, 9.17) is 10.5 Å². The van der Waals surface area contributed by atoms with Gasteiger partial charge in [0.15, 0.2) is 11.8 Å². The first-order valence-corrected chi connectivity index (χ1v) is 10.3. The van der Waals surface area contributed by atoms with Crippen LogP contribution in [0.5, 0.6) is 0 Å². The fraction of sp³-hybridized carbons (Fsp3) is 0.292. The summed E-state index contributed by atoms with van der Waals surface area (Å²) >= 11 is 0. The number of benzene rings is 2. The van der Waals surface area contributed by atoms with E-state index in [-0.39, 0.29) is 23.2 Å². The molecule has 10 nitrogen and oxygen atoms in total. The normalized spacial score (nSPS) is 13.6. The topological polar surface area (TPSA) is 169 Å². The lowest BCUT2D eigenvalue weighted by Crippen LogP contribution is -2.51. The molecule has 0 aliphatic heterocycles. The molecule has 178 valence electrons. The number of hydrogen-bond donors (Lipinski definition) is 3. The van der Waals surface area contributed by atoms with Crippen LogP contribution >= 0.6 is 0 Å². The molecule has 0 heterocycles. The molecule has 0 radical (unpaired) electrons. The smallest absolute Gasteiger partial charge is 0.408 e. The number of nitriles is 1. The molecule has 0 unspecified atom stereocenters. The molecule has 10 heteroatoms. The number of hydrogen-bond acceptors (Lipinski definition) is 8. The number of amides is 1. The minimum Gasteiger partial charge on any atom is -0.508 e. The second-order valence-electron chi connectivity index (χ2n) is 8.45. The second-order valence-corrected chi connectivity index (χ2v) is 8.45. The van der Waals surface area contributed by atoms with Gasteiger partial charge in [0.1, 0.15) is 17.4 Å². The van der Waals surface area contributed by atoms with Crippen molar-refractivity contribution in [2.24, 2.45) is 5.73 Å². The van der Waals surface area contributed by atoms with Gasteiger partial charge in [-0.2, -0.15) is 5.26 Å². The lowest BCUT2D eigenvalue weighted by molar-refractivity contribution is -0.384. The molecule has 0 fully saturated rings. The molecule has 4 N–H and O–H groups in total. The van der Waals surface area contributed by atoms with Crippen LogP contribution < -0.4 is 11.1 Å². The number of Topliss-reactive ketones (excluding diaryl/α,β-unsaturated/α-hetero) is 1. The van der Waals surface area contributed by atoms with Gasteiger partial charge in [-0.15, -0.1) is 0 Å². The third kappa shape index (κ3) is 7.15. The van der Waals surface area contributed by atoms with Crippen LogP contribution in [0.2, 0.25) is 0 Å². The maximum Gasteiger partial charge on any atom is 0.408 e. The van der Waals surface area contributed by atoms with Gasteiger partial charge in [0.25, 0.3) is 5.69 Å². The molecule has 0 bridgehead atoms. The molecular weight excluding hydrogens is 440 g/mol. The predicted octanol–water partition coefficient (Wildman–Crippen LogP) is 3.42. The number of carbonyl (C=O) groups excluding carboxylic acids is 2. The first kappa shape index (κ1) is 26.0. The van der Waals surface area contributed by atoms with Gasteiger partial charge in [-0.05, 0) is 50.5 Å². The van der Waals surface area contributed by atoms with Crippen LogP contribution in [0.25, 0.3) is 5.57 Å². The van der Waals surface area contributed by atoms with Crippen LogP contribution in [0, 0.1) is 21.4 Å². The van der Waals surface area contributed by atoms with Crippen LogP contribution in [0.4, 0.5) is 10.5 Å². The summed E-state index contributed by atoms with van der Waals surface area (Å²) in [6.45, 7) is 4.87. The van der Waals surface area contributed by atoms with Gasteiger partial charge in [-0.1, -0.05) is 30.3 Å². The molecule has 34 heavy (non-hydrogen) atoms. The quantitative estimate of drug-likeness (QED) is 0.230. The van der Waals surface area contributed by atoms with Gasteiger partial charge in [0.05, 0.1) is 16.5 Å². The molecule has 0 aliphatic carbocycles. The highest BCUT2D eigenvalue weighted by molar-refractivity contribution is 5.96. The molecule has 2 aromatic rings. The number of nitrogens with one attached hydrogen (secondary N) is 1. The Hall–Kier alpha value is -4.23. The van der Waals surface area contributed by atoms with E-state index in [9.17, 15) is 30.1 Å². The Morgan fingerprint density at radius 1 is 1.18 bits per heavy atom. The maximum absolute atomic E-state index is 13.2. The number of ether oxygens (including phenoxy) is 1. The molecule has 0 saturated heterocycles. The first-order valence-electron chi connectivity index (χ1n) is 10.3. The van der Waals surface area contributed by atoms with Crippen molar-refractivity contribution in [3.63, 3.8) is 0 Å². The Balaban J connectivity index is 2.44. The zero-order chi connectivity index (χ0) is 25.5. The number of nitro groups is 1. The maximum atomic E-state index is 13.2. The molecule has 2 rings (SSSR count). The zero-order valence-electron chi connectivity index (χ0n) is 19.0. The summed E-state index contributed by atoms with van der Waals surface area (Å²) in [4.78, 5) is 35.9. The summed E-state index contributed by atoms with van der Waals surface area (Å²) in [6.07, 6.45) is -0.871. The van der Waals surface area contributed by atoms with E-state index >= 15 is 0 Å². The highest BCUT2D eigenvalue weighted by atomic mass is 16.6. The van der Waals surface area contributed by atoms with E-state index < -0.39 is 40.2 Å². The molecule has 0 aliphatic rings. The van der Waals surface area contributed by atoms with Crippen molar-refractivity contribution < 1.29 is 24.4 Å². The molecule has 1 amide bonds. The lowest BCUT2D eigenvalue weighted by Gasteiger charge is -2.25. The third-order valence-corrected chi connectivity index (χ3v) is 4.62. The van der Waals surface area contributed by atoms with Gasteiger partial charge in [-0.3, -0.25) is 14.9 Å². The Labute approximate surface area is 196 Å². The summed E-state index contributed by atoms with van der Waals surface area (Å²) in [6, 6.07) is 12.7. The number of nitrogens with zero attached hydrogens (tertiary/aromatic N) is 2. The molecule has 0 aromatic heterocycles. The molecular formula is C24H26N4O6. The summed E-state index contributed by atoms with van der Waals surface area (Å²) in [7, 11) is 0. The fourth-order valence-corrected chi connectivity index (χ4v) is 3.05. The largest absolute Gasteiger partial charge is 0.508 e. The number of nitrogens with two attached hydrogens (primary N) is 1. The Kier molecular flexibility index (Phi) is 8.47. The van der Waals surface area contributed by atoms with E-state index in [1.54, 1.807) is 51.1 Å². The molecule has 2 atom stereocenters. The van der Waals surface area contributed by atoms with Crippen LogP contribution in [0.1, 0.15) is 31.9 Å². The minimum atomic E-state index is -1.68. The standard InChI is InChI=1S/C24H26N4O6/c1-24(2,3)34-23(31)27-20(22(30)19(26)13-15-7-5-4-6-8-15)21(29)18(14-25)16-9-11-17(12-10-16)28(32)33/h4-12,19-20,29H,13,26H2,1-3H3,(H,27,31)/b21-18-/t19-,20+/m0/s1. The predicted molar refractivity (Wildman–Crippen MR) is 125 cm³/mol. The van der Waals surface area contributed by atoms with Crippen LogP contribution in [-0.2, 0) is 16.0 Å². The van der Waals surface area contributed by atoms with Gasteiger partial charge in [0.2, 0.25) is 0 Å². The monoisotopic (exact) mass is 466 g/mol. The van der Waals surface area contributed by atoms with Gasteiger partial charge < -0.3 is 20.9 Å². The van der Waals surface area contributed by atoms with Crippen molar-refractivity contribution in [2.45, 2.75) is 44.9 Å². The minimum absolute atomic E-state index is 0.117. The highest BCUT2D eigenvalue weighted by Crippen LogP contribution is 2.23. The van der Waals surface area contributed by atoms with Gasteiger partial charge in [-0.25, -0.2) is 4.79 Å². The van der Waals surface area contributed by atoms with Crippen molar-refractivity contribution in [3.05, 3.63) is 81.6 Å². The van der Waals surface area contributed by atoms with Crippen molar-refractivity contribution >= 4 is 23.1 Å². The van der Waals surface area contributed by atoms with E-state index in [0.717, 1.165) is 17.7 Å². The summed E-state index contributed by atoms with van der Waals surface area (Å²) in [5, 5.41) is 33.8. The molecule has 0 saturated carbocycles. The first-order chi connectivity index (χ1) is 15.9. The van der Waals surface area contributed by atoms with Crippen LogP contribution in [0.3, 0.4) is 0 Å². The van der Waals surface area contributed by atoms with E-state index in [0.29, 0.717) is 0 Å².